The summed E-state index contributed by atoms with van der Waals surface area (Å²) in [4.78, 5) is 4.06. The van der Waals surface area contributed by atoms with Crippen molar-refractivity contribution in [3.05, 3.63) is 35.9 Å². The molecule has 0 aromatic heterocycles. The number of hydrogen-bond donors (Lipinski definition) is 0. The molecule has 0 aliphatic rings. The van der Waals surface area contributed by atoms with Crippen LogP contribution in [-0.2, 0) is 4.74 Å². The first-order chi connectivity index (χ1) is 10.5. The number of quaternary nitrogens is 1. The second-order valence-electron chi connectivity index (χ2n) is 5.96. The van der Waals surface area contributed by atoms with Crippen molar-refractivity contribution >= 4 is 5.87 Å². The number of rotatable bonds is 10. The second-order valence-corrected chi connectivity index (χ2v) is 5.96. The van der Waals surface area contributed by atoms with Gasteiger partial charge in [-0.1, -0.05) is 17.7 Å². The van der Waals surface area contributed by atoms with Gasteiger partial charge in [-0.3, -0.25) is 0 Å². The number of hydrogen-bond acceptors (Lipinski definition) is 3. The van der Waals surface area contributed by atoms with E-state index in [0.717, 1.165) is 29.9 Å². The monoisotopic (exact) mass is 305 g/mol. The van der Waals surface area contributed by atoms with Crippen LogP contribution < -0.4 is 4.74 Å². The fourth-order valence-electron chi connectivity index (χ4n) is 1.84. The Morgan fingerprint density at radius 1 is 1.09 bits per heavy atom. The Hall–Kier alpha value is -1.61. The molecule has 1 aromatic rings. The summed E-state index contributed by atoms with van der Waals surface area (Å²) < 4.78 is 12.3. The van der Waals surface area contributed by atoms with Crippen molar-refractivity contribution < 1.29 is 14.0 Å². The largest absolute Gasteiger partial charge is 0.488 e. The van der Waals surface area contributed by atoms with E-state index in [2.05, 4.69) is 44.0 Å². The summed E-state index contributed by atoms with van der Waals surface area (Å²) in [5.41, 5.74) is 1.25. The van der Waals surface area contributed by atoms with Crippen molar-refractivity contribution in [2.45, 2.75) is 13.8 Å². The van der Waals surface area contributed by atoms with E-state index in [9.17, 15) is 0 Å². The van der Waals surface area contributed by atoms with E-state index in [1.807, 2.05) is 19.1 Å². The molecule has 4 nitrogen and oxygen atoms in total. The van der Waals surface area contributed by atoms with Gasteiger partial charge in [-0.05, 0) is 37.9 Å². The van der Waals surface area contributed by atoms with E-state index in [1.54, 1.807) is 6.08 Å². The zero-order valence-corrected chi connectivity index (χ0v) is 14.3. The third-order valence-electron chi connectivity index (χ3n) is 3.40. The fourth-order valence-corrected chi connectivity index (χ4v) is 1.84. The second kappa shape index (κ2) is 10.2. The number of ether oxygens (including phenoxy) is 2. The number of nitrogens with zero attached hydrogens (tertiary/aromatic N) is 2. The summed E-state index contributed by atoms with van der Waals surface area (Å²) in [7, 11) is 4.39. The van der Waals surface area contributed by atoms with Gasteiger partial charge in [0, 0.05) is 0 Å². The van der Waals surface area contributed by atoms with E-state index in [0.29, 0.717) is 19.8 Å². The first-order valence-electron chi connectivity index (χ1n) is 7.82. The molecule has 0 N–H and O–H groups in total. The molecule has 0 atom stereocenters. The van der Waals surface area contributed by atoms with Gasteiger partial charge in [-0.2, -0.15) is 0 Å². The van der Waals surface area contributed by atoms with Crippen LogP contribution in [0.4, 0.5) is 0 Å². The van der Waals surface area contributed by atoms with E-state index in [-0.39, 0.29) is 0 Å². The lowest BCUT2D eigenvalue weighted by molar-refractivity contribution is -0.890. The van der Waals surface area contributed by atoms with Gasteiger partial charge in [0.1, 0.15) is 25.4 Å². The number of aliphatic imine (C=N–C) groups is 1. The lowest BCUT2D eigenvalue weighted by Gasteiger charge is -2.29. The van der Waals surface area contributed by atoms with Gasteiger partial charge < -0.3 is 14.0 Å². The van der Waals surface area contributed by atoms with Crippen LogP contribution in [0.2, 0.25) is 0 Å². The van der Waals surface area contributed by atoms with E-state index >= 15 is 0 Å². The molecule has 0 spiro atoms. The highest BCUT2D eigenvalue weighted by Crippen LogP contribution is 2.11. The van der Waals surface area contributed by atoms with E-state index in [4.69, 9.17) is 9.47 Å². The summed E-state index contributed by atoms with van der Waals surface area (Å²) >= 11 is 0. The summed E-state index contributed by atoms with van der Waals surface area (Å²) in [5.74, 6) is 3.74. The van der Waals surface area contributed by atoms with Crippen LogP contribution in [-0.4, -0.2) is 63.9 Å². The molecule has 0 fully saturated rings. The molecular weight excluding hydrogens is 276 g/mol. The van der Waals surface area contributed by atoms with Crippen molar-refractivity contribution in [2.75, 3.05) is 53.6 Å². The van der Waals surface area contributed by atoms with Gasteiger partial charge in [0.25, 0.3) is 0 Å². The topological polar surface area (TPSA) is 30.8 Å². The van der Waals surface area contributed by atoms with Crippen molar-refractivity contribution in [1.82, 2.24) is 0 Å². The molecule has 0 amide bonds. The first-order valence-corrected chi connectivity index (χ1v) is 7.82. The normalized spacial score (nSPS) is 10.9. The van der Waals surface area contributed by atoms with Crippen LogP contribution in [0.25, 0.3) is 0 Å². The van der Waals surface area contributed by atoms with Crippen molar-refractivity contribution in [3.63, 3.8) is 0 Å². The Morgan fingerprint density at radius 2 is 1.77 bits per heavy atom. The summed E-state index contributed by atoms with van der Waals surface area (Å²) in [6, 6.07) is 8.17. The molecule has 0 unspecified atom stereocenters. The molecule has 0 bridgehead atoms. The van der Waals surface area contributed by atoms with Gasteiger partial charge in [-0.15, -0.1) is 0 Å². The third-order valence-corrected chi connectivity index (χ3v) is 3.40. The van der Waals surface area contributed by atoms with Crippen molar-refractivity contribution in [2.24, 2.45) is 4.99 Å². The zero-order valence-electron chi connectivity index (χ0n) is 14.3. The minimum Gasteiger partial charge on any atom is -0.488 e. The highest BCUT2D eigenvalue weighted by molar-refractivity contribution is 5.50. The lowest BCUT2D eigenvalue weighted by Crippen LogP contribution is -2.45. The Morgan fingerprint density at radius 3 is 2.45 bits per heavy atom. The quantitative estimate of drug-likeness (QED) is 0.378. The van der Waals surface area contributed by atoms with Crippen LogP contribution in [0.1, 0.15) is 12.5 Å². The Labute approximate surface area is 134 Å². The van der Waals surface area contributed by atoms with Gasteiger partial charge in [0.15, 0.2) is 0 Å². The molecule has 0 aliphatic heterocycles. The minimum absolute atomic E-state index is 0.653. The molecule has 22 heavy (non-hydrogen) atoms. The Kier molecular flexibility index (Phi) is 8.53. The predicted molar refractivity (Wildman–Crippen MR) is 91.9 cm³/mol. The van der Waals surface area contributed by atoms with Crippen LogP contribution in [0.3, 0.4) is 0 Å². The average Bonchev–Trinajstić information content (AvgIpc) is 2.48. The number of allylic oxidation sites excluding steroid dienone is 1. The molecule has 0 heterocycles. The van der Waals surface area contributed by atoms with Crippen LogP contribution in [0.15, 0.2) is 35.3 Å². The lowest BCUT2D eigenvalue weighted by atomic mass is 10.2. The third kappa shape index (κ3) is 8.63. The molecule has 1 rings (SSSR count). The predicted octanol–water partition coefficient (Wildman–Crippen LogP) is 2.71. The van der Waals surface area contributed by atoms with Gasteiger partial charge in [0.05, 0.1) is 33.9 Å². The van der Waals surface area contributed by atoms with E-state index in [1.165, 1.54) is 5.56 Å². The highest BCUT2D eigenvalue weighted by atomic mass is 16.5. The number of aryl methyl sites for hydroxylation is 1. The molecule has 0 saturated carbocycles. The molecular formula is C18H29N2O2+. The van der Waals surface area contributed by atoms with Crippen LogP contribution in [0, 0.1) is 6.92 Å². The summed E-state index contributed by atoms with van der Waals surface area (Å²) in [6.07, 6.45) is 1.80. The SMILES string of the molecule is CC=C=NCCOCC[N+](C)(C)CCOc1ccc(C)cc1. The Bertz CT molecular complexity index is 474. The highest BCUT2D eigenvalue weighted by Gasteiger charge is 2.14. The fraction of sp³-hybridized carbons (Fsp3) is 0.556. The maximum atomic E-state index is 5.79. The molecule has 0 saturated heterocycles. The van der Waals surface area contributed by atoms with Crippen LogP contribution >= 0.6 is 0 Å². The molecule has 0 radical (unpaired) electrons. The molecule has 0 aliphatic carbocycles. The van der Waals surface area contributed by atoms with Gasteiger partial charge >= 0.3 is 0 Å². The zero-order chi connectivity index (χ0) is 16.3. The smallest absolute Gasteiger partial charge is 0.137 e. The standard InChI is InChI=1S/C18H29N2O2/c1-5-10-19-11-14-21-15-12-20(3,4)13-16-22-18-8-6-17(2)7-9-18/h5-9H,11-16H2,1-4H3/q+1. The van der Waals surface area contributed by atoms with Crippen molar-refractivity contribution in [3.8, 4) is 5.75 Å². The van der Waals surface area contributed by atoms with Gasteiger partial charge in [0.2, 0.25) is 0 Å². The van der Waals surface area contributed by atoms with Crippen LogP contribution in [0.5, 0.6) is 5.75 Å². The molecule has 122 valence electrons. The van der Waals surface area contributed by atoms with Crippen molar-refractivity contribution in [1.29, 1.82) is 0 Å². The van der Waals surface area contributed by atoms with E-state index < -0.39 is 0 Å². The van der Waals surface area contributed by atoms with Gasteiger partial charge in [-0.25, -0.2) is 4.99 Å². The maximum absolute atomic E-state index is 5.79. The molecule has 4 heteroatoms. The molecule has 1 aromatic carbocycles. The maximum Gasteiger partial charge on any atom is 0.137 e. The number of benzene rings is 1. The Balaban J connectivity index is 2.15. The summed E-state index contributed by atoms with van der Waals surface area (Å²) in [5, 5.41) is 0. The first kappa shape index (κ1) is 18.4. The average molecular weight is 305 g/mol. The summed E-state index contributed by atoms with van der Waals surface area (Å²) in [6.45, 7) is 8.68. The number of likely N-dealkylation sites (N-methyl/N-ethyl adjacent to an activating group) is 1. The minimum atomic E-state index is 0.653.